The highest BCUT2D eigenvalue weighted by atomic mass is 16.4. The third-order valence-electron chi connectivity index (χ3n) is 2.65. The molecule has 0 amide bonds. The number of hydrogen-bond donors (Lipinski definition) is 2. The molecule has 0 saturated carbocycles. The lowest BCUT2D eigenvalue weighted by molar-refractivity contribution is -0.138. The van der Waals surface area contributed by atoms with E-state index in [2.05, 4.69) is 5.10 Å². The number of benzene rings is 1. The summed E-state index contributed by atoms with van der Waals surface area (Å²) in [7, 11) is 0. The smallest absolute Gasteiger partial charge is 0.320 e. The van der Waals surface area contributed by atoms with E-state index in [1.807, 2.05) is 36.5 Å². The fourth-order valence-corrected chi connectivity index (χ4v) is 1.71. The molecule has 1 aromatic heterocycles. The molecule has 0 spiro atoms. The van der Waals surface area contributed by atoms with Crippen LogP contribution in [0.15, 0.2) is 42.7 Å². The third-order valence-corrected chi connectivity index (χ3v) is 2.65. The van der Waals surface area contributed by atoms with Crippen molar-refractivity contribution in [1.82, 2.24) is 9.78 Å². The van der Waals surface area contributed by atoms with Gasteiger partial charge in [-0.2, -0.15) is 5.10 Å². The second kappa shape index (κ2) is 5.46. The molecular formula is C13H15N3O2. The summed E-state index contributed by atoms with van der Waals surface area (Å²) < 4.78 is 1.78. The standard InChI is InChI=1S/C13H15N3O2/c14-12(13(17)18)6-11-7-15-16(9-11)8-10-4-2-1-3-5-10/h1-5,7,9,12H,6,8,14H2,(H,17,18). The zero-order chi connectivity index (χ0) is 13.0. The first-order valence-electron chi connectivity index (χ1n) is 5.69. The summed E-state index contributed by atoms with van der Waals surface area (Å²) in [4.78, 5) is 10.6. The van der Waals surface area contributed by atoms with Gasteiger partial charge in [0.2, 0.25) is 0 Å². The first-order chi connectivity index (χ1) is 8.65. The number of hydrogen-bond acceptors (Lipinski definition) is 3. The Balaban J connectivity index is 2.00. The van der Waals surface area contributed by atoms with Crippen LogP contribution in [0.2, 0.25) is 0 Å². The topological polar surface area (TPSA) is 81.1 Å². The molecule has 1 heterocycles. The molecule has 0 aliphatic carbocycles. The zero-order valence-corrected chi connectivity index (χ0v) is 9.86. The summed E-state index contributed by atoms with van der Waals surface area (Å²) in [6, 6.07) is 9.07. The van der Waals surface area contributed by atoms with Crippen LogP contribution in [0.3, 0.4) is 0 Å². The summed E-state index contributed by atoms with van der Waals surface area (Å²) in [5, 5.41) is 12.9. The Bertz CT molecular complexity index is 522. The SMILES string of the molecule is NC(Cc1cnn(Cc2ccccc2)c1)C(=O)O. The van der Waals surface area contributed by atoms with Crippen LogP contribution in [-0.4, -0.2) is 26.9 Å². The summed E-state index contributed by atoms with van der Waals surface area (Å²) in [5.74, 6) is -0.995. The number of carboxylic acids is 1. The molecular weight excluding hydrogens is 230 g/mol. The minimum absolute atomic E-state index is 0.296. The highest BCUT2D eigenvalue weighted by Gasteiger charge is 2.13. The van der Waals surface area contributed by atoms with Gasteiger partial charge in [0.1, 0.15) is 6.04 Å². The van der Waals surface area contributed by atoms with Crippen LogP contribution in [0.4, 0.5) is 0 Å². The van der Waals surface area contributed by atoms with Gasteiger partial charge in [0.05, 0.1) is 12.7 Å². The highest BCUT2D eigenvalue weighted by Crippen LogP contribution is 2.05. The normalized spacial score (nSPS) is 12.3. The van der Waals surface area contributed by atoms with Crippen molar-refractivity contribution in [2.24, 2.45) is 5.73 Å². The second-order valence-corrected chi connectivity index (χ2v) is 4.18. The molecule has 94 valence electrons. The number of aliphatic carboxylic acids is 1. The average molecular weight is 245 g/mol. The fraction of sp³-hybridized carbons (Fsp3) is 0.231. The van der Waals surface area contributed by atoms with Gasteiger partial charge in [0.15, 0.2) is 0 Å². The number of nitrogens with two attached hydrogens (primary N) is 1. The van der Waals surface area contributed by atoms with Gasteiger partial charge in [-0.15, -0.1) is 0 Å². The summed E-state index contributed by atoms with van der Waals surface area (Å²) in [5.41, 5.74) is 7.46. The van der Waals surface area contributed by atoms with E-state index >= 15 is 0 Å². The largest absolute Gasteiger partial charge is 0.480 e. The molecule has 0 bridgehead atoms. The number of aromatic nitrogens is 2. The van der Waals surface area contributed by atoms with Crippen molar-refractivity contribution < 1.29 is 9.90 Å². The van der Waals surface area contributed by atoms with Crippen molar-refractivity contribution in [3.05, 3.63) is 53.9 Å². The monoisotopic (exact) mass is 245 g/mol. The minimum Gasteiger partial charge on any atom is -0.480 e. The Hall–Kier alpha value is -2.14. The number of rotatable bonds is 5. The van der Waals surface area contributed by atoms with Crippen molar-refractivity contribution in [3.8, 4) is 0 Å². The van der Waals surface area contributed by atoms with Gasteiger partial charge in [0.25, 0.3) is 0 Å². The van der Waals surface area contributed by atoms with E-state index in [0.29, 0.717) is 13.0 Å². The van der Waals surface area contributed by atoms with Crippen LogP contribution in [0.5, 0.6) is 0 Å². The maximum Gasteiger partial charge on any atom is 0.320 e. The van der Waals surface area contributed by atoms with Crippen molar-refractivity contribution in [1.29, 1.82) is 0 Å². The molecule has 1 atom stereocenters. The molecule has 2 rings (SSSR count). The van der Waals surface area contributed by atoms with E-state index < -0.39 is 12.0 Å². The van der Waals surface area contributed by atoms with Crippen LogP contribution in [0, 0.1) is 0 Å². The molecule has 18 heavy (non-hydrogen) atoms. The van der Waals surface area contributed by atoms with Gasteiger partial charge < -0.3 is 10.8 Å². The molecule has 1 unspecified atom stereocenters. The lowest BCUT2D eigenvalue weighted by Gasteiger charge is -2.03. The quantitative estimate of drug-likeness (QED) is 0.819. The van der Waals surface area contributed by atoms with Crippen LogP contribution < -0.4 is 5.73 Å². The van der Waals surface area contributed by atoms with Crippen LogP contribution in [0.25, 0.3) is 0 Å². The van der Waals surface area contributed by atoms with Gasteiger partial charge in [-0.1, -0.05) is 30.3 Å². The first kappa shape index (κ1) is 12.3. The minimum atomic E-state index is -0.995. The molecule has 0 fully saturated rings. The number of carboxylic acid groups (broad SMARTS) is 1. The van der Waals surface area contributed by atoms with E-state index in [1.54, 1.807) is 10.9 Å². The van der Waals surface area contributed by atoms with Gasteiger partial charge in [-0.3, -0.25) is 9.48 Å². The van der Waals surface area contributed by atoms with Crippen molar-refractivity contribution in [2.75, 3.05) is 0 Å². The molecule has 0 radical (unpaired) electrons. The van der Waals surface area contributed by atoms with Crippen LogP contribution >= 0.6 is 0 Å². The van der Waals surface area contributed by atoms with Crippen LogP contribution in [0.1, 0.15) is 11.1 Å². The molecule has 1 aromatic carbocycles. The molecule has 3 N–H and O–H groups in total. The predicted molar refractivity (Wildman–Crippen MR) is 67.1 cm³/mol. The Kier molecular flexibility index (Phi) is 3.74. The van der Waals surface area contributed by atoms with Crippen LogP contribution in [-0.2, 0) is 17.8 Å². The molecule has 0 aliphatic heterocycles. The molecule has 0 saturated heterocycles. The number of nitrogens with zero attached hydrogens (tertiary/aromatic N) is 2. The molecule has 0 aliphatic rings. The van der Waals surface area contributed by atoms with Gasteiger partial charge in [-0.05, 0) is 11.1 Å². The zero-order valence-electron chi connectivity index (χ0n) is 9.86. The Labute approximate surface area is 105 Å². The van der Waals surface area contributed by atoms with E-state index in [0.717, 1.165) is 11.1 Å². The molecule has 5 nitrogen and oxygen atoms in total. The van der Waals surface area contributed by atoms with E-state index in [1.165, 1.54) is 0 Å². The average Bonchev–Trinajstić information content (AvgIpc) is 2.77. The lowest BCUT2D eigenvalue weighted by atomic mass is 10.1. The van der Waals surface area contributed by atoms with E-state index in [-0.39, 0.29) is 0 Å². The Morgan fingerprint density at radius 3 is 2.72 bits per heavy atom. The molecule has 2 aromatic rings. The van der Waals surface area contributed by atoms with Gasteiger partial charge in [0, 0.05) is 12.6 Å². The summed E-state index contributed by atoms with van der Waals surface area (Å²) in [6.07, 6.45) is 3.78. The lowest BCUT2D eigenvalue weighted by Crippen LogP contribution is -2.32. The first-order valence-corrected chi connectivity index (χ1v) is 5.69. The fourth-order valence-electron chi connectivity index (χ4n) is 1.71. The van der Waals surface area contributed by atoms with E-state index in [9.17, 15) is 4.79 Å². The van der Waals surface area contributed by atoms with E-state index in [4.69, 9.17) is 10.8 Å². The Morgan fingerprint density at radius 1 is 1.33 bits per heavy atom. The highest BCUT2D eigenvalue weighted by molar-refractivity contribution is 5.73. The summed E-state index contributed by atoms with van der Waals surface area (Å²) in [6.45, 7) is 0.670. The predicted octanol–water partition coefficient (Wildman–Crippen LogP) is 0.886. The van der Waals surface area contributed by atoms with Gasteiger partial charge in [-0.25, -0.2) is 0 Å². The van der Waals surface area contributed by atoms with Crippen molar-refractivity contribution in [3.63, 3.8) is 0 Å². The summed E-state index contributed by atoms with van der Waals surface area (Å²) >= 11 is 0. The van der Waals surface area contributed by atoms with Gasteiger partial charge >= 0.3 is 5.97 Å². The maximum absolute atomic E-state index is 10.6. The maximum atomic E-state index is 10.6. The second-order valence-electron chi connectivity index (χ2n) is 4.18. The third kappa shape index (κ3) is 3.18. The number of carbonyl (C=O) groups is 1. The Morgan fingerprint density at radius 2 is 2.06 bits per heavy atom. The molecule has 5 heteroatoms. The van der Waals surface area contributed by atoms with Crippen molar-refractivity contribution in [2.45, 2.75) is 19.0 Å². The van der Waals surface area contributed by atoms with Crippen molar-refractivity contribution >= 4 is 5.97 Å².